The minimum atomic E-state index is 0.229. The third kappa shape index (κ3) is 6.93. The number of carbonyl (C=O) groups excluding carboxylic acids is 1. The number of ether oxygens (including phenoxy) is 1. The second kappa shape index (κ2) is 9.13. The van der Waals surface area contributed by atoms with Gasteiger partial charge in [-0.25, -0.2) is 0 Å². The molecule has 0 bridgehead atoms. The highest BCUT2D eigenvalue weighted by atomic mass is 16.5. The summed E-state index contributed by atoms with van der Waals surface area (Å²) in [4.78, 5) is 10.9. The van der Waals surface area contributed by atoms with Gasteiger partial charge in [0.2, 0.25) is 0 Å². The molecule has 0 saturated heterocycles. The van der Waals surface area contributed by atoms with Crippen LogP contribution in [0.3, 0.4) is 0 Å². The summed E-state index contributed by atoms with van der Waals surface area (Å²) in [6.45, 7) is 8.13. The standard InChI is InChI=1S/C18H24O2/c1-4-6-15(2)7-5-14-20-18-12-10-17(11-13-18)9-8-16(3)19/h4,7,10-13H,1,5-6,8-9,14H2,2-3H3/b15-7+. The van der Waals surface area contributed by atoms with Crippen LogP contribution >= 0.6 is 0 Å². The van der Waals surface area contributed by atoms with Crippen LogP contribution < -0.4 is 4.74 Å². The van der Waals surface area contributed by atoms with Crippen LogP contribution in [-0.4, -0.2) is 12.4 Å². The van der Waals surface area contributed by atoms with Gasteiger partial charge in [-0.2, -0.15) is 0 Å². The molecule has 0 amide bonds. The normalized spacial score (nSPS) is 11.2. The van der Waals surface area contributed by atoms with Crippen LogP contribution in [0.4, 0.5) is 0 Å². The lowest BCUT2D eigenvalue weighted by Gasteiger charge is -2.06. The van der Waals surface area contributed by atoms with E-state index in [1.54, 1.807) is 6.92 Å². The molecule has 108 valence electrons. The Labute approximate surface area is 122 Å². The van der Waals surface area contributed by atoms with Crippen molar-refractivity contribution in [2.45, 2.75) is 39.5 Å². The largest absolute Gasteiger partial charge is 0.493 e. The lowest BCUT2D eigenvalue weighted by atomic mass is 10.1. The molecule has 0 N–H and O–H groups in total. The minimum Gasteiger partial charge on any atom is -0.493 e. The molecule has 1 aromatic carbocycles. The van der Waals surface area contributed by atoms with Crippen LogP contribution in [0.15, 0.2) is 48.6 Å². The Kier molecular flexibility index (Phi) is 7.41. The number of hydrogen-bond donors (Lipinski definition) is 0. The van der Waals surface area contributed by atoms with Gasteiger partial charge < -0.3 is 9.53 Å². The third-order valence-electron chi connectivity index (χ3n) is 3.03. The summed E-state index contributed by atoms with van der Waals surface area (Å²) in [6.07, 6.45) is 7.35. The molecule has 1 rings (SSSR count). The monoisotopic (exact) mass is 272 g/mol. The Morgan fingerprint density at radius 3 is 2.55 bits per heavy atom. The van der Waals surface area contributed by atoms with Crippen LogP contribution in [-0.2, 0) is 11.2 Å². The lowest BCUT2D eigenvalue weighted by molar-refractivity contribution is -0.116. The van der Waals surface area contributed by atoms with E-state index >= 15 is 0 Å². The number of allylic oxidation sites excluding steroid dienone is 2. The SMILES string of the molecule is C=CC/C(C)=C/CCOc1ccc(CCC(C)=O)cc1. The van der Waals surface area contributed by atoms with Gasteiger partial charge in [-0.15, -0.1) is 6.58 Å². The summed E-state index contributed by atoms with van der Waals surface area (Å²) in [5, 5.41) is 0. The van der Waals surface area contributed by atoms with E-state index in [2.05, 4.69) is 19.6 Å². The van der Waals surface area contributed by atoms with Gasteiger partial charge in [-0.3, -0.25) is 0 Å². The van der Waals surface area contributed by atoms with Crippen molar-refractivity contribution in [2.75, 3.05) is 6.61 Å². The molecule has 0 unspecified atom stereocenters. The van der Waals surface area contributed by atoms with Crippen LogP contribution in [0, 0.1) is 0 Å². The highest BCUT2D eigenvalue weighted by Gasteiger charge is 1.98. The van der Waals surface area contributed by atoms with Crippen molar-refractivity contribution in [3.8, 4) is 5.75 Å². The van der Waals surface area contributed by atoms with E-state index in [0.29, 0.717) is 13.0 Å². The van der Waals surface area contributed by atoms with Crippen LogP contribution in [0.1, 0.15) is 38.7 Å². The Morgan fingerprint density at radius 1 is 1.25 bits per heavy atom. The minimum absolute atomic E-state index is 0.229. The van der Waals surface area contributed by atoms with E-state index < -0.39 is 0 Å². The van der Waals surface area contributed by atoms with E-state index in [1.807, 2.05) is 30.3 Å². The first-order valence-electron chi connectivity index (χ1n) is 7.09. The lowest BCUT2D eigenvalue weighted by Crippen LogP contribution is -1.97. The molecule has 1 aromatic rings. The maximum Gasteiger partial charge on any atom is 0.130 e. The summed E-state index contributed by atoms with van der Waals surface area (Å²) in [5.41, 5.74) is 2.50. The predicted octanol–water partition coefficient (Wildman–Crippen LogP) is 4.50. The molecule has 0 saturated carbocycles. The first-order valence-corrected chi connectivity index (χ1v) is 7.09. The fourth-order valence-corrected chi connectivity index (χ4v) is 1.87. The third-order valence-corrected chi connectivity index (χ3v) is 3.03. The molecule has 0 aliphatic heterocycles. The van der Waals surface area contributed by atoms with E-state index in [0.717, 1.165) is 25.0 Å². The number of benzene rings is 1. The summed E-state index contributed by atoms with van der Waals surface area (Å²) in [6, 6.07) is 7.99. The second-order valence-electron chi connectivity index (χ2n) is 5.03. The highest BCUT2D eigenvalue weighted by Crippen LogP contribution is 2.14. The van der Waals surface area contributed by atoms with Crippen molar-refractivity contribution in [1.29, 1.82) is 0 Å². The van der Waals surface area contributed by atoms with Crippen molar-refractivity contribution >= 4 is 5.78 Å². The average molecular weight is 272 g/mol. The summed E-state index contributed by atoms with van der Waals surface area (Å²) in [7, 11) is 0. The van der Waals surface area contributed by atoms with Gasteiger partial charge in [0.25, 0.3) is 0 Å². The molecule has 2 heteroatoms. The fourth-order valence-electron chi connectivity index (χ4n) is 1.87. The second-order valence-corrected chi connectivity index (χ2v) is 5.03. The molecule has 0 atom stereocenters. The Hall–Kier alpha value is -1.83. The smallest absolute Gasteiger partial charge is 0.130 e. The van der Waals surface area contributed by atoms with Crippen molar-refractivity contribution < 1.29 is 9.53 Å². The molecular weight excluding hydrogens is 248 g/mol. The zero-order chi connectivity index (χ0) is 14.8. The molecule has 2 nitrogen and oxygen atoms in total. The summed E-state index contributed by atoms with van der Waals surface area (Å²) >= 11 is 0. The topological polar surface area (TPSA) is 26.3 Å². The van der Waals surface area contributed by atoms with Crippen molar-refractivity contribution in [2.24, 2.45) is 0 Å². The molecule has 0 fully saturated rings. The number of rotatable bonds is 9. The molecule has 0 aliphatic carbocycles. The van der Waals surface area contributed by atoms with Gasteiger partial charge in [0.1, 0.15) is 11.5 Å². The number of aryl methyl sites for hydroxylation is 1. The maximum atomic E-state index is 10.9. The number of Topliss-reactive ketones (excluding diaryl/α,β-unsaturated/α-hetero) is 1. The average Bonchev–Trinajstić information content (AvgIpc) is 2.43. The fraction of sp³-hybridized carbons (Fsp3) is 0.389. The van der Waals surface area contributed by atoms with Gasteiger partial charge >= 0.3 is 0 Å². The van der Waals surface area contributed by atoms with E-state index in [-0.39, 0.29) is 5.78 Å². The van der Waals surface area contributed by atoms with Crippen molar-refractivity contribution in [1.82, 2.24) is 0 Å². The van der Waals surface area contributed by atoms with E-state index in [4.69, 9.17) is 4.74 Å². The first kappa shape index (κ1) is 16.2. The Balaban J connectivity index is 2.32. The van der Waals surface area contributed by atoms with Crippen LogP contribution in [0.25, 0.3) is 0 Å². The molecule has 0 radical (unpaired) electrons. The molecular formula is C18H24O2. The van der Waals surface area contributed by atoms with Gasteiger partial charge in [0.15, 0.2) is 0 Å². The zero-order valence-electron chi connectivity index (χ0n) is 12.5. The molecule has 0 aliphatic rings. The van der Waals surface area contributed by atoms with Gasteiger partial charge in [-0.05, 0) is 50.8 Å². The first-order chi connectivity index (χ1) is 9.61. The molecule has 0 spiro atoms. The van der Waals surface area contributed by atoms with E-state index in [1.165, 1.54) is 11.1 Å². The molecule has 20 heavy (non-hydrogen) atoms. The molecule has 0 aromatic heterocycles. The summed E-state index contributed by atoms with van der Waals surface area (Å²) < 4.78 is 5.68. The van der Waals surface area contributed by atoms with Gasteiger partial charge in [0.05, 0.1) is 6.61 Å². The summed E-state index contributed by atoms with van der Waals surface area (Å²) in [5.74, 6) is 1.11. The van der Waals surface area contributed by atoms with Crippen LogP contribution in [0.5, 0.6) is 5.75 Å². The quantitative estimate of drug-likeness (QED) is 0.488. The molecule has 0 heterocycles. The number of ketones is 1. The number of hydrogen-bond acceptors (Lipinski definition) is 2. The van der Waals surface area contributed by atoms with Gasteiger partial charge in [0, 0.05) is 6.42 Å². The zero-order valence-corrected chi connectivity index (χ0v) is 12.5. The number of carbonyl (C=O) groups is 1. The van der Waals surface area contributed by atoms with Crippen molar-refractivity contribution in [3.05, 3.63) is 54.1 Å². The predicted molar refractivity (Wildman–Crippen MR) is 84.1 cm³/mol. The Bertz CT molecular complexity index is 455. The van der Waals surface area contributed by atoms with Gasteiger partial charge in [-0.1, -0.05) is 29.9 Å². The maximum absolute atomic E-state index is 10.9. The van der Waals surface area contributed by atoms with Crippen LogP contribution in [0.2, 0.25) is 0 Å². The van der Waals surface area contributed by atoms with Crippen molar-refractivity contribution in [3.63, 3.8) is 0 Å². The van der Waals surface area contributed by atoms with E-state index in [9.17, 15) is 4.79 Å². The highest BCUT2D eigenvalue weighted by molar-refractivity contribution is 5.75. The Morgan fingerprint density at radius 2 is 1.95 bits per heavy atom.